The monoisotopic (exact) mass is 330 g/mol. The first-order valence-corrected chi connectivity index (χ1v) is 8.19. The smallest absolute Gasteiger partial charge is 0.187 e. The molecule has 3 aliphatic rings. The van der Waals surface area contributed by atoms with Crippen LogP contribution in [-0.2, 0) is 14.3 Å². The molecule has 0 unspecified atom stereocenters. The van der Waals surface area contributed by atoms with Crippen molar-refractivity contribution in [2.24, 2.45) is 17.3 Å². The third kappa shape index (κ3) is 2.37. The van der Waals surface area contributed by atoms with Gasteiger partial charge in [0.25, 0.3) is 0 Å². The third-order valence-corrected chi connectivity index (χ3v) is 6.04. The summed E-state index contributed by atoms with van der Waals surface area (Å²) >= 11 is 0. The van der Waals surface area contributed by atoms with Crippen molar-refractivity contribution in [2.45, 2.75) is 69.9 Å². The lowest BCUT2D eigenvalue weighted by molar-refractivity contribution is -0.326. The lowest BCUT2D eigenvalue weighted by atomic mass is 9.89. The Morgan fingerprint density at radius 1 is 1.26 bits per heavy atom. The first kappa shape index (κ1) is 17.3. The summed E-state index contributed by atoms with van der Waals surface area (Å²) in [6, 6.07) is 0. The highest BCUT2D eigenvalue weighted by Gasteiger charge is 2.74. The zero-order valence-corrected chi connectivity index (χ0v) is 13.7. The van der Waals surface area contributed by atoms with E-state index in [1.165, 1.54) is 0 Å². The average molecular weight is 330 g/mol. The molecule has 23 heavy (non-hydrogen) atoms. The van der Waals surface area contributed by atoms with Gasteiger partial charge in [0.05, 0.1) is 12.2 Å². The normalized spacial score (nSPS) is 52.8. The quantitative estimate of drug-likeness (QED) is 0.533. The number of ketones is 1. The minimum Gasteiger partial charge on any atom is -0.394 e. The van der Waals surface area contributed by atoms with E-state index in [0.29, 0.717) is 0 Å². The van der Waals surface area contributed by atoms with Crippen LogP contribution in [0.25, 0.3) is 0 Å². The van der Waals surface area contributed by atoms with Crippen molar-refractivity contribution in [2.75, 3.05) is 6.61 Å². The summed E-state index contributed by atoms with van der Waals surface area (Å²) in [5.74, 6) is 0.458. The number of rotatable bonds is 4. The summed E-state index contributed by atoms with van der Waals surface area (Å²) in [6.45, 7) is 5.38. The molecule has 1 aliphatic heterocycles. The van der Waals surface area contributed by atoms with Gasteiger partial charge < -0.3 is 29.9 Å². The fraction of sp³-hybridized carbons (Fsp3) is 0.938. The molecule has 0 aromatic rings. The van der Waals surface area contributed by atoms with Crippen molar-refractivity contribution < 1.29 is 34.7 Å². The van der Waals surface area contributed by atoms with Gasteiger partial charge in [-0.15, -0.1) is 0 Å². The molecule has 7 nitrogen and oxygen atoms in total. The second kappa shape index (κ2) is 5.47. The molecule has 0 aromatic heterocycles. The maximum absolute atomic E-state index is 12.4. The number of aliphatic hydroxyl groups excluding tert-OH is 4. The van der Waals surface area contributed by atoms with Crippen molar-refractivity contribution in [1.82, 2.24) is 0 Å². The van der Waals surface area contributed by atoms with Gasteiger partial charge in [-0.3, -0.25) is 4.79 Å². The predicted molar refractivity (Wildman–Crippen MR) is 78.3 cm³/mol. The Morgan fingerprint density at radius 3 is 2.39 bits per heavy atom. The van der Waals surface area contributed by atoms with E-state index in [-0.39, 0.29) is 29.5 Å². The average Bonchev–Trinajstić information content (AvgIpc) is 3.21. The Balaban J connectivity index is 1.76. The first-order chi connectivity index (χ1) is 10.7. The molecule has 0 amide bonds. The van der Waals surface area contributed by atoms with Crippen molar-refractivity contribution in [3.05, 3.63) is 0 Å². The molecule has 132 valence electrons. The Bertz CT molecular complexity index is 493. The maximum Gasteiger partial charge on any atom is 0.187 e. The topological polar surface area (TPSA) is 116 Å². The molecule has 1 heterocycles. The largest absolute Gasteiger partial charge is 0.394 e. The van der Waals surface area contributed by atoms with Crippen molar-refractivity contribution >= 4 is 5.78 Å². The predicted octanol–water partition coefficient (Wildman–Crippen LogP) is -0.803. The minimum absolute atomic E-state index is 0.0647. The van der Waals surface area contributed by atoms with Crippen molar-refractivity contribution in [1.29, 1.82) is 0 Å². The number of Topliss-reactive ketones (excluding diaryl/α,β-unsaturated/α-hetero) is 1. The number of hydrogen-bond acceptors (Lipinski definition) is 7. The summed E-state index contributed by atoms with van der Waals surface area (Å²) in [5.41, 5.74) is -1.11. The standard InChI is InChI=1S/C16H26O7/c1-7(2)16-4-9(16)15(3,5-10(16)18)23-14-13(21)12(20)11(19)8(6-17)22-14/h7-9,11-14,17,19-21H,4-6H2,1-3H3/t8-,9-,11-,12+,13-,14+,15+,16+/m1/s1. The van der Waals surface area contributed by atoms with E-state index in [4.69, 9.17) is 9.47 Å². The molecule has 7 heteroatoms. The number of aliphatic hydroxyl groups is 4. The number of ether oxygens (including phenoxy) is 2. The Hall–Kier alpha value is -0.570. The summed E-state index contributed by atoms with van der Waals surface area (Å²) in [5, 5.41) is 39.0. The lowest BCUT2D eigenvalue weighted by Crippen LogP contribution is -2.60. The van der Waals surface area contributed by atoms with E-state index in [9.17, 15) is 25.2 Å². The number of carbonyl (C=O) groups is 1. The SMILES string of the molecule is CC(C)[C@@]12C[C@@H]1[C@@](C)(O[C@@H]1O[C@H](CO)[C@@H](O)[C@H](O)[C@H]1O)CC2=O. The van der Waals surface area contributed by atoms with Crippen LogP contribution in [-0.4, -0.2) is 69.1 Å². The molecule has 4 N–H and O–H groups in total. The first-order valence-electron chi connectivity index (χ1n) is 8.19. The molecular formula is C16H26O7. The van der Waals surface area contributed by atoms with Crippen LogP contribution < -0.4 is 0 Å². The summed E-state index contributed by atoms with van der Waals surface area (Å²) in [7, 11) is 0. The molecule has 0 bridgehead atoms. The molecule has 3 fully saturated rings. The molecule has 3 rings (SSSR count). The van der Waals surface area contributed by atoms with Crippen LogP contribution in [0.3, 0.4) is 0 Å². The minimum atomic E-state index is -1.47. The zero-order valence-electron chi connectivity index (χ0n) is 13.7. The Morgan fingerprint density at radius 2 is 1.91 bits per heavy atom. The van der Waals surface area contributed by atoms with Gasteiger partial charge in [0.15, 0.2) is 6.29 Å². The van der Waals surface area contributed by atoms with Crippen LogP contribution in [0.2, 0.25) is 0 Å². The highest BCUT2D eigenvalue weighted by Crippen LogP contribution is 2.70. The highest BCUT2D eigenvalue weighted by atomic mass is 16.7. The maximum atomic E-state index is 12.4. The number of fused-ring (bicyclic) bond motifs is 1. The van der Waals surface area contributed by atoms with Gasteiger partial charge in [-0.1, -0.05) is 13.8 Å². The van der Waals surface area contributed by atoms with E-state index in [1.807, 2.05) is 20.8 Å². The van der Waals surface area contributed by atoms with Crippen LogP contribution in [0.4, 0.5) is 0 Å². The van der Waals surface area contributed by atoms with Crippen LogP contribution in [0.15, 0.2) is 0 Å². The zero-order chi connectivity index (χ0) is 17.2. The van der Waals surface area contributed by atoms with Gasteiger partial charge in [-0.05, 0) is 19.3 Å². The van der Waals surface area contributed by atoms with Crippen LogP contribution in [0, 0.1) is 17.3 Å². The second-order valence-electron chi connectivity index (χ2n) is 7.68. The van der Waals surface area contributed by atoms with Crippen LogP contribution >= 0.6 is 0 Å². The molecule has 2 aliphatic carbocycles. The fourth-order valence-corrected chi connectivity index (χ4v) is 4.47. The molecule has 1 saturated heterocycles. The van der Waals surface area contributed by atoms with Gasteiger partial charge in [0, 0.05) is 17.8 Å². The van der Waals surface area contributed by atoms with E-state index >= 15 is 0 Å². The molecule has 0 aromatic carbocycles. The van der Waals surface area contributed by atoms with Crippen molar-refractivity contribution in [3.63, 3.8) is 0 Å². The highest BCUT2D eigenvalue weighted by molar-refractivity contribution is 5.93. The third-order valence-electron chi connectivity index (χ3n) is 6.04. The van der Waals surface area contributed by atoms with Gasteiger partial charge >= 0.3 is 0 Å². The number of hydrogen-bond donors (Lipinski definition) is 4. The fourth-order valence-electron chi connectivity index (χ4n) is 4.47. The van der Waals surface area contributed by atoms with E-state index < -0.39 is 42.9 Å². The summed E-state index contributed by atoms with van der Waals surface area (Å²) in [4.78, 5) is 12.4. The molecule has 2 saturated carbocycles. The van der Waals surface area contributed by atoms with Gasteiger partial charge in [0.2, 0.25) is 0 Å². The van der Waals surface area contributed by atoms with Gasteiger partial charge in [-0.2, -0.15) is 0 Å². The molecule has 8 atom stereocenters. The van der Waals surface area contributed by atoms with Gasteiger partial charge in [0.1, 0.15) is 30.2 Å². The van der Waals surface area contributed by atoms with E-state index in [2.05, 4.69) is 0 Å². The van der Waals surface area contributed by atoms with E-state index in [0.717, 1.165) is 6.42 Å². The number of carbonyl (C=O) groups excluding carboxylic acids is 1. The summed E-state index contributed by atoms with van der Waals surface area (Å²) in [6.07, 6.45) is -5.51. The van der Waals surface area contributed by atoms with Crippen LogP contribution in [0.1, 0.15) is 33.6 Å². The summed E-state index contributed by atoms with van der Waals surface area (Å²) < 4.78 is 11.3. The molecular weight excluding hydrogens is 304 g/mol. The Kier molecular flexibility index (Phi) is 4.11. The van der Waals surface area contributed by atoms with E-state index in [1.54, 1.807) is 0 Å². The second-order valence-corrected chi connectivity index (χ2v) is 7.68. The van der Waals surface area contributed by atoms with Crippen molar-refractivity contribution in [3.8, 4) is 0 Å². The Labute approximate surface area is 135 Å². The lowest BCUT2D eigenvalue weighted by Gasteiger charge is -2.42. The molecule has 0 radical (unpaired) electrons. The van der Waals surface area contributed by atoms with Crippen LogP contribution in [0.5, 0.6) is 0 Å². The molecule has 0 spiro atoms. The van der Waals surface area contributed by atoms with Gasteiger partial charge in [-0.25, -0.2) is 0 Å².